The van der Waals surface area contributed by atoms with Crippen molar-refractivity contribution in [2.45, 2.75) is 13.0 Å². The molecule has 0 amide bonds. The number of aryl methyl sites for hydroxylation is 1. The van der Waals surface area contributed by atoms with E-state index in [9.17, 15) is 4.79 Å². The minimum atomic E-state index is -1.08. The van der Waals surface area contributed by atoms with E-state index in [0.29, 0.717) is 11.4 Å². The number of carboxylic acid groups (broad SMARTS) is 1. The quantitative estimate of drug-likeness (QED) is 0.598. The number of carbonyl (C=O) groups is 1. The topological polar surface area (TPSA) is 102 Å². The zero-order valence-electron chi connectivity index (χ0n) is 7.19. The normalized spacial score (nSPS) is 12.5. The third-order valence-corrected chi connectivity index (χ3v) is 1.77. The van der Waals surface area contributed by atoms with Crippen LogP contribution in [0, 0.1) is 6.92 Å². The number of pyridine rings is 1. The third kappa shape index (κ3) is 1.94. The van der Waals surface area contributed by atoms with Crippen LogP contribution in [0.25, 0.3) is 0 Å². The predicted octanol–water partition coefficient (Wildman–Crippen LogP) is 0.0566. The fourth-order valence-electron chi connectivity index (χ4n) is 0.920. The van der Waals surface area contributed by atoms with E-state index in [1.54, 1.807) is 13.0 Å². The highest BCUT2D eigenvalue weighted by molar-refractivity contribution is 5.75. The average molecular weight is 181 g/mol. The summed E-state index contributed by atoms with van der Waals surface area (Å²) in [7, 11) is 0. The van der Waals surface area contributed by atoms with Gasteiger partial charge >= 0.3 is 5.97 Å². The van der Waals surface area contributed by atoms with Gasteiger partial charge in [0.25, 0.3) is 0 Å². The molecule has 0 aliphatic heterocycles. The lowest BCUT2D eigenvalue weighted by Gasteiger charge is -2.07. The van der Waals surface area contributed by atoms with Gasteiger partial charge in [-0.1, -0.05) is 0 Å². The Balaban J connectivity index is 3.03. The molecule has 1 aromatic heterocycles. The Morgan fingerprint density at radius 2 is 2.31 bits per heavy atom. The van der Waals surface area contributed by atoms with Crippen LogP contribution in [0.5, 0.6) is 0 Å². The van der Waals surface area contributed by atoms with Crippen molar-refractivity contribution in [2.24, 2.45) is 5.73 Å². The first-order chi connectivity index (χ1) is 6.02. The lowest BCUT2D eigenvalue weighted by molar-refractivity contribution is -0.138. The standard InChI is InChI=1S/C8H11N3O2/c1-4-2-5(3-11-7(4)10)6(9)8(12)13/h2-3,6H,9H2,1H3,(H2,10,11)(H,12,13)/t6-/m1/s1. The van der Waals surface area contributed by atoms with Crippen molar-refractivity contribution in [1.82, 2.24) is 4.98 Å². The van der Waals surface area contributed by atoms with E-state index < -0.39 is 12.0 Å². The van der Waals surface area contributed by atoms with E-state index in [1.807, 2.05) is 0 Å². The molecule has 0 saturated carbocycles. The van der Waals surface area contributed by atoms with Crippen LogP contribution in [-0.2, 0) is 4.79 Å². The number of hydrogen-bond donors (Lipinski definition) is 3. The van der Waals surface area contributed by atoms with Crippen LogP contribution in [0.1, 0.15) is 17.2 Å². The van der Waals surface area contributed by atoms with Crippen LogP contribution in [0.3, 0.4) is 0 Å². The molecule has 1 heterocycles. The summed E-state index contributed by atoms with van der Waals surface area (Å²) in [4.78, 5) is 14.3. The summed E-state index contributed by atoms with van der Waals surface area (Å²) >= 11 is 0. The Hall–Kier alpha value is -1.62. The number of rotatable bonds is 2. The van der Waals surface area contributed by atoms with Crippen molar-refractivity contribution < 1.29 is 9.90 Å². The smallest absolute Gasteiger partial charge is 0.325 e. The second-order valence-electron chi connectivity index (χ2n) is 2.79. The van der Waals surface area contributed by atoms with Gasteiger partial charge in [-0.3, -0.25) is 4.79 Å². The molecule has 13 heavy (non-hydrogen) atoms. The zero-order chi connectivity index (χ0) is 10.0. The second kappa shape index (κ2) is 3.40. The maximum atomic E-state index is 10.5. The Labute approximate surface area is 75.4 Å². The van der Waals surface area contributed by atoms with Crippen LogP contribution in [-0.4, -0.2) is 16.1 Å². The summed E-state index contributed by atoms with van der Waals surface area (Å²) in [6.45, 7) is 1.75. The Morgan fingerprint density at radius 1 is 1.69 bits per heavy atom. The van der Waals surface area contributed by atoms with Gasteiger partial charge in [0.2, 0.25) is 0 Å². The van der Waals surface area contributed by atoms with E-state index in [1.165, 1.54) is 6.20 Å². The first-order valence-corrected chi connectivity index (χ1v) is 3.72. The van der Waals surface area contributed by atoms with E-state index in [-0.39, 0.29) is 0 Å². The molecular formula is C8H11N3O2. The lowest BCUT2D eigenvalue weighted by atomic mass is 10.1. The van der Waals surface area contributed by atoms with Gasteiger partial charge < -0.3 is 16.6 Å². The first kappa shape index (κ1) is 9.47. The Morgan fingerprint density at radius 3 is 2.77 bits per heavy atom. The van der Waals surface area contributed by atoms with Gasteiger partial charge in [0.1, 0.15) is 11.9 Å². The molecule has 5 nitrogen and oxygen atoms in total. The molecule has 0 unspecified atom stereocenters. The van der Waals surface area contributed by atoms with Crippen molar-refractivity contribution in [3.63, 3.8) is 0 Å². The van der Waals surface area contributed by atoms with Crippen LogP contribution < -0.4 is 11.5 Å². The monoisotopic (exact) mass is 181 g/mol. The molecule has 0 bridgehead atoms. The SMILES string of the molecule is Cc1cc([C@@H](N)C(=O)O)cnc1N. The lowest BCUT2D eigenvalue weighted by Crippen LogP contribution is -2.21. The third-order valence-electron chi connectivity index (χ3n) is 1.77. The summed E-state index contributed by atoms with van der Waals surface area (Å²) in [5, 5.41) is 8.61. The number of aliphatic carboxylic acids is 1. The number of hydrogen-bond acceptors (Lipinski definition) is 4. The molecular weight excluding hydrogens is 170 g/mol. The van der Waals surface area contributed by atoms with Gasteiger partial charge in [-0.2, -0.15) is 0 Å². The molecule has 70 valence electrons. The number of aromatic nitrogens is 1. The fourth-order valence-corrected chi connectivity index (χ4v) is 0.920. The highest BCUT2D eigenvalue weighted by Crippen LogP contribution is 2.14. The van der Waals surface area contributed by atoms with Gasteiger partial charge in [0, 0.05) is 6.20 Å². The highest BCUT2D eigenvalue weighted by atomic mass is 16.4. The van der Waals surface area contributed by atoms with Crippen molar-refractivity contribution in [2.75, 3.05) is 5.73 Å². The fraction of sp³-hybridized carbons (Fsp3) is 0.250. The van der Waals surface area contributed by atoms with Crippen LogP contribution in [0.4, 0.5) is 5.82 Å². The minimum Gasteiger partial charge on any atom is -0.480 e. The molecule has 5 heteroatoms. The van der Waals surface area contributed by atoms with Gasteiger partial charge in [-0.05, 0) is 24.1 Å². The first-order valence-electron chi connectivity index (χ1n) is 3.72. The molecule has 5 N–H and O–H groups in total. The maximum absolute atomic E-state index is 10.5. The number of anilines is 1. The number of nitrogens with two attached hydrogens (primary N) is 2. The molecule has 0 aromatic carbocycles. The molecule has 0 fully saturated rings. The molecule has 0 spiro atoms. The molecule has 0 aliphatic rings. The molecule has 0 aliphatic carbocycles. The summed E-state index contributed by atoms with van der Waals surface area (Å²) < 4.78 is 0. The molecule has 0 saturated heterocycles. The zero-order valence-corrected chi connectivity index (χ0v) is 7.19. The number of carboxylic acids is 1. The molecule has 1 rings (SSSR count). The summed E-state index contributed by atoms with van der Waals surface area (Å²) in [5.41, 5.74) is 12.0. The van der Waals surface area contributed by atoms with E-state index in [4.69, 9.17) is 16.6 Å². The van der Waals surface area contributed by atoms with Gasteiger partial charge in [0.05, 0.1) is 0 Å². The van der Waals surface area contributed by atoms with Crippen molar-refractivity contribution in [1.29, 1.82) is 0 Å². The Kier molecular flexibility index (Phi) is 2.48. The van der Waals surface area contributed by atoms with Crippen LogP contribution in [0.2, 0.25) is 0 Å². The van der Waals surface area contributed by atoms with E-state index in [0.717, 1.165) is 5.56 Å². The molecule has 1 aromatic rings. The second-order valence-corrected chi connectivity index (χ2v) is 2.79. The number of nitrogen functional groups attached to an aromatic ring is 1. The van der Waals surface area contributed by atoms with Crippen LogP contribution >= 0.6 is 0 Å². The summed E-state index contributed by atoms with van der Waals surface area (Å²) in [6, 6.07) is 0.591. The summed E-state index contributed by atoms with van der Waals surface area (Å²) in [5.74, 6) is -0.688. The van der Waals surface area contributed by atoms with Crippen molar-refractivity contribution in [3.8, 4) is 0 Å². The predicted molar refractivity (Wildman–Crippen MR) is 48.0 cm³/mol. The van der Waals surface area contributed by atoms with E-state index >= 15 is 0 Å². The molecule has 0 radical (unpaired) electrons. The Bertz CT molecular complexity index is 338. The average Bonchev–Trinajstić information content (AvgIpc) is 2.08. The van der Waals surface area contributed by atoms with Gasteiger partial charge in [0.15, 0.2) is 0 Å². The van der Waals surface area contributed by atoms with Gasteiger partial charge in [-0.15, -0.1) is 0 Å². The van der Waals surface area contributed by atoms with Crippen LogP contribution in [0.15, 0.2) is 12.3 Å². The maximum Gasteiger partial charge on any atom is 0.325 e. The largest absolute Gasteiger partial charge is 0.480 e. The highest BCUT2D eigenvalue weighted by Gasteiger charge is 2.14. The summed E-state index contributed by atoms with van der Waals surface area (Å²) in [6.07, 6.45) is 1.38. The minimum absolute atomic E-state index is 0.390. The van der Waals surface area contributed by atoms with Crippen molar-refractivity contribution >= 4 is 11.8 Å². The number of nitrogens with zero attached hydrogens (tertiary/aromatic N) is 1. The van der Waals surface area contributed by atoms with Gasteiger partial charge in [-0.25, -0.2) is 4.98 Å². The van der Waals surface area contributed by atoms with E-state index in [2.05, 4.69) is 4.98 Å². The van der Waals surface area contributed by atoms with Crippen molar-refractivity contribution in [3.05, 3.63) is 23.4 Å². The molecule has 1 atom stereocenters.